The van der Waals surface area contributed by atoms with Crippen molar-refractivity contribution in [1.29, 1.82) is 0 Å². The molecule has 0 radical (unpaired) electrons. The predicted octanol–water partition coefficient (Wildman–Crippen LogP) is 0.106. The third-order valence-electron chi connectivity index (χ3n) is 1.97. The Kier molecular flexibility index (Phi) is 6.67. The van der Waals surface area contributed by atoms with E-state index in [4.69, 9.17) is 14.9 Å². The fourth-order valence-electron chi connectivity index (χ4n) is 1.32. The lowest BCUT2D eigenvalue weighted by molar-refractivity contribution is -0.156. The molecule has 0 heterocycles. The summed E-state index contributed by atoms with van der Waals surface area (Å²) in [5, 5.41) is 17.2. The number of aliphatic carboxylic acids is 2. The minimum atomic E-state index is -1.32. The lowest BCUT2D eigenvalue weighted by Gasteiger charge is -2.21. The van der Waals surface area contributed by atoms with Gasteiger partial charge in [0, 0.05) is 6.42 Å². The smallest absolute Gasteiger partial charge is 0.323 e. The molecule has 0 saturated heterocycles. The van der Waals surface area contributed by atoms with Crippen molar-refractivity contribution in [1.82, 2.24) is 4.90 Å². The van der Waals surface area contributed by atoms with E-state index >= 15 is 0 Å². The summed E-state index contributed by atoms with van der Waals surface area (Å²) < 4.78 is 4.99. The summed E-state index contributed by atoms with van der Waals surface area (Å²) in [5.74, 6) is -3.97. The van der Waals surface area contributed by atoms with Crippen LogP contribution in [0.4, 0.5) is 0 Å². The van der Waals surface area contributed by atoms with Crippen LogP contribution in [0.3, 0.4) is 0 Å². The van der Waals surface area contributed by atoms with E-state index in [1.54, 1.807) is 20.8 Å². The molecule has 0 saturated carbocycles. The molecule has 0 aliphatic rings. The first-order valence-corrected chi connectivity index (χ1v) is 5.94. The van der Waals surface area contributed by atoms with Crippen molar-refractivity contribution in [2.75, 3.05) is 13.1 Å². The quantitative estimate of drug-likeness (QED) is 0.638. The van der Waals surface area contributed by atoms with E-state index in [2.05, 4.69) is 0 Å². The van der Waals surface area contributed by atoms with Crippen molar-refractivity contribution >= 4 is 23.8 Å². The summed E-state index contributed by atoms with van der Waals surface area (Å²) >= 11 is 0. The summed E-state index contributed by atoms with van der Waals surface area (Å²) in [5.41, 5.74) is -0.679. The highest BCUT2D eigenvalue weighted by molar-refractivity contribution is 5.87. The zero-order chi connectivity index (χ0) is 15.9. The van der Waals surface area contributed by atoms with Crippen LogP contribution in [0.5, 0.6) is 0 Å². The van der Waals surface area contributed by atoms with Crippen LogP contribution in [0.15, 0.2) is 0 Å². The number of carboxylic acid groups (broad SMARTS) is 2. The van der Waals surface area contributed by atoms with E-state index in [1.807, 2.05) is 0 Å². The minimum absolute atomic E-state index is 0.230. The first kappa shape index (κ1) is 17.9. The highest BCUT2D eigenvalue weighted by Gasteiger charge is 2.22. The summed E-state index contributed by atoms with van der Waals surface area (Å²) in [4.78, 5) is 44.8. The fraction of sp³-hybridized carbons (Fsp3) is 0.667. The van der Waals surface area contributed by atoms with Crippen LogP contribution < -0.4 is 0 Å². The number of carboxylic acids is 2. The number of nitrogens with zero attached hydrogens (tertiary/aromatic N) is 1. The lowest BCUT2D eigenvalue weighted by atomic mass is 10.2. The molecule has 1 amide bonds. The Morgan fingerprint density at radius 2 is 1.40 bits per heavy atom. The van der Waals surface area contributed by atoms with Gasteiger partial charge in [0.2, 0.25) is 5.91 Å². The van der Waals surface area contributed by atoms with Crippen molar-refractivity contribution in [3.05, 3.63) is 0 Å². The maximum absolute atomic E-state index is 11.7. The number of carbonyl (C=O) groups is 4. The number of rotatable bonds is 7. The van der Waals surface area contributed by atoms with Gasteiger partial charge in [0.05, 0.1) is 6.42 Å². The number of esters is 1. The maximum atomic E-state index is 11.7. The van der Waals surface area contributed by atoms with E-state index in [-0.39, 0.29) is 12.8 Å². The number of hydrogen-bond donors (Lipinski definition) is 2. The summed E-state index contributed by atoms with van der Waals surface area (Å²) in [7, 11) is 0. The van der Waals surface area contributed by atoms with E-state index < -0.39 is 42.5 Å². The molecule has 0 bridgehead atoms. The van der Waals surface area contributed by atoms with Gasteiger partial charge >= 0.3 is 17.9 Å². The summed E-state index contributed by atoms with van der Waals surface area (Å²) in [6.45, 7) is 3.58. The highest BCUT2D eigenvalue weighted by atomic mass is 16.6. The van der Waals surface area contributed by atoms with E-state index in [0.29, 0.717) is 4.90 Å². The molecule has 114 valence electrons. The Labute approximate surface area is 116 Å². The third kappa shape index (κ3) is 8.90. The second-order valence-corrected chi connectivity index (χ2v) is 5.12. The van der Waals surface area contributed by atoms with Crippen LogP contribution in [0.1, 0.15) is 33.6 Å². The molecular formula is C12H19NO7. The fourth-order valence-corrected chi connectivity index (χ4v) is 1.32. The van der Waals surface area contributed by atoms with Gasteiger partial charge in [-0.25, -0.2) is 0 Å². The Balaban J connectivity index is 4.42. The molecule has 2 N–H and O–H groups in total. The monoisotopic (exact) mass is 289 g/mol. The zero-order valence-corrected chi connectivity index (χ0v) is 11.7. The SMILES string of the molecule is CC(C)(C)OC(=O)CCC(=O)N(CC(=O)O)CC(=O)O. The Morgan fingerprint density at radius 3 is 1.75 bits per heavy atom. The Morgan fingerprint density at radius 1 is 0.950 bits per heavy atom. The van der Waals surface area contributed by atoms with Crippen LogP contribution in [0.2, 0.25) is 0 Å². The van der Waals surface area contributed by atoms with Crippen molar-refractivity contribution in [3.63, 3.8) is 0 Å². The van der Waals surface area contributed by atoms with Crippen LogP contribution in [-0.2, 0) is 23.9 Å². The first-order chi connectivity index (χ1) is 9.01. The molecule has 0 aromatic carbocycles. The van der Waals surface area contributed by atoms with Gasteiger partial charge in [-0.3, -0.25) is 19.2 Å². The van der Waals surface area contributed by atoms with Gasteiger partial charge in [-0.05, 0) is 20.8 Å². The van der Waals surface area contributed by atoms with Gasteiger partial charge in [0.15, 0.2) is 0 Å². The van der Waals surface area contributed by atoms with E-state index in [1.165, 1.54) is 0 Å². The minimum Gasteiger partial charge on any atom is -0.480 e. The molecule has 8 nitrogen and oxygen atoms in total. The van der Waals surface area contributed by atoms with E-state index in [0.717, 1.165) is 0 Å². The van der Waals surface area contributed by atoms with Gasteiger partial charge in [0.1, 0.15) is 18.7 Å². The molecule has 0 aromatic rings. The topological polar surface area (TPSA) is 121 Å². The number of carbonyl (C=O) groups excluding carboxylic acids is 2. The van der Waals surface area contributed by atoms with Gasteiger partial charge < -0.3 is 19.8 Å². The Bertz CT molecular complexity index is 381. The molecule has 0 unspecified atom stereocenters. The number of ether oxygens (including phenoxy) is 1. The van der Waals surface area contributed by atoms with Crippen molar-refractivity contribution in [3.8, 4) is 0 Å². The normalized spacial score (nSPS) is 10.8. The first-order valence-electron chi connectivity index (χ1n) is 5.94. The third-order valence-corrected chi connectivity index (χ3v) is 1.97. The van der Waals surface area contributed by atoms with Crippen molar-refractivity contribution in [2.24, 2.45) is 0 Å². The average molecular weight is 289 g/mol. The molecule has 0 aromatic heterocycles. The van der Waals surface area contributed by atoms with Gasteiger partial charge in [-0.1, -0.05) is 0 Å². The van der Waals surface area contributed by atoms with Gasteiger partial charge in [-0.15, -0.1) is 0 Å². The van der Waals surface area contributed by atoms with Crippen molar-refractivity contribution in [2.45, 2.75) is 39.2 Å². The molecular weight excluding hydrogens is 270 g/mol. The van der Waals surface area contributed by atoms with Crippen LogP contribution in [0.25, 0.3) is 0 Å². The summed E-state index contributed by atoms with van der Waals surface area (Å²) in [6.07, 6.45) is -0.526. The average Bonchev–Trinajstić information content (AvgIpc) is 2.21. The molecule has 8 heteroatoms. The lowest BCUT2D eigenvalue weighted by Crippen LogP contribution is -2.39. The number of amides is 1. The maximum Gasteiger partial charge on any atom is 0.323 e. The Hall–Kier alpha value is -2.12. The van der Waals surface area contributed by atoms with Gasteiger partial charge in [0.25, 0.3) is 0 Å². The van der Waals surface area contributed by atoms with Crippen LogP contribution in [0, 0.1) is 0 Å². The van der Waals surface area contributed by atoms with E-state index in [9.17, 15) is 19.2 Å². The van der Waals surface area contributed by atoms with Crippen LogP contribution >= 0.6 is 0 Å². The number of hydrogen-bond acceptors (Lipinski definition) is 5. The molecule has 0 aliphatic heterocycles. The standard InChI is InChI=1S/C12H19NO7/c1-12(2,3)20-11(19)5-4-8(14)13(6-9(15)16)7-10(17)18/h4-7H2,1-3H3,(H,15,16)(H,17,18). The van der Waals surface area contributed by atoms with Gasteiger partial charge in [-0.2, -0.15) is 0 Å². The highest BCUT2D eigenvalue weighted by Crippen LogP contribution is 2.09. The zero-order valence-electron chi connectivity index (χ0n) is 11.7. The predicted molar refractivity (Wildman–Crippen MR) is 66.9 cm³/mol. The second-order valence-electron chi connectivity index (χ2n) is 5.12. The second kappa shape index (κ2) is 7.46. The molecule has 20 heavy (non-hydrogen) atoms. The largest absolute Gasteiger partial charge is 0.480 e. The molecule has 0 aliphatic carbocycles. The molecule has 0 atom stereocenters. The molecule has 0 fully saturated rings. The summed E-state index contributed by atoms with van der Waals surface area (Å²) in [6, 6.07) is 0. The van der Waals surface area contributed by atoms with Crippen LogP contribution in [-0.4, -0.2) is 57.6 Å². The molecule has 0 spiro atoms. The molecule has 0 rings (SSSR count). The van der Waals surface area contributed by atoms with Crippen molar-refractivity contribution < 1.29 is 34.1 Å².